The molecule has 3 saturated heterocycles. The predicted molar refractivity (Wildman–Crippen MR) is 143 cm³/mol. The third-order valence-corrected chi connectivity index (χ3v) is 6.85. The molecule has 3 aliphatic heterocycles. The van der Waals surface area contributed by atoms with Crippen molar-refractivity contribution in [3.05, 3.63) is 59.8 Å². The van der Waals surface area contributed by atoms with Gasteiger partial charge in [-0.2, -0.15) is 0 Å². The summed E-state index contributed by atoms with van der Waals surface area (Å²) in [7, 11) is 1.86. The van der Waals surface area contributed by atoms with Crippen molar-refractivity contribution in [2.75, 3.05) is 51.3 Å². The van der Waals surface area contributed by atoms with Crippen molar-refractivity contribution in [2.45, 2.75) is 38.1 Å². The minimum absolute atomic E-state index is 0. The molecule has 3 aliphatic rings. The summed E-state index contributed by atoms with van der Waals surface area (Å²) < 4.78 is 6.14. The first-order valence-electron chi connectivity index (χ1n) is 11.9. The first kappa shape index (κ1) is 24.2. The number of fused-ring (bicyclic) bond motifs is 1. The Labute approximate surface area is 214 Å². The van der Waals surface area contributed by atoms with Gasteiger partial charge in [0.15, 0.2) is 5.96 Å². The molecule has 0 spiro atoms. The number of hydrogen-bond acceptors (Lipinski definition) is 5. The summed E-state index contributed by atoms with van der Waals surface area (Å²) in [6.45, 7) is 7.52. The van der Waals surface area contributed by atoms with Crippen LogP contribution in [0.3, 0.4) is 0 Å². The van der Waals surface area contributed by atoms with Gasteiger partial charge in [-0.3, -0.25) is 9.89 Å². The van der Waals surface area contributed by atoms with E-state index in [1.165, 1.54) is 24.0 Å². The number of aliphatic imine (C=N–C) groups is 1. The second kappa shape index (κ2) is 11.5. The third kappa shape index (κ3) is 5.78. The van der Waals surface area contributed by atoms with Gasteiger partial charge in [-0.05, 0) is 30.0 Å². The highest BCUT2D eigenvalue weighted by molar-refractivity contribution is 14.0. The molecule has 8 heteroatoms. The molecule has 1 aromatic heterocycles. The number of hydrogen-bond donors (Lipinski definition) is 1. The van der Waals surface area contributed by atoms with E-state index in [-0.39, 0.29) is 30.1 Å². The highest BCUT2D eigenvalue weighted by Crippen LogP contribution is 2.25. The van der Waals surface area contributed by atoms with E-state index in [0.29, 0.717) is 6.04 Å². The molecule has 1 aromatic carbocycles. The standard InChI is InChI=1S/C25H34N6O.HI/c1-26-25(28-16-21-9-10-24(27-15-21)29-11-5-6-12-29)31-18-22-23(19-31)32-14-13-30(22)17-20-7-3-2-4-8-20;/h2-4,7-10,15,22-23H,5-6,11-14,16-19H2,1H3,(H,26,28);1H. The van der Waals surface area contributed by atoms with Gasteiger partial charge in [0, 0.05) is 59.1 Å². The van der Waals surface area contributed by atoms with Gasteiger partial charge in [-0.1, -0.05) is 36.4 Å². The van der Waals surface area contributed by atoms with Crippen LogP contribution in [0, 0.1) is 0 Å². The number of guanidine groups is 1. The number of nitrogens with zero attached hydrogens (tertiary/aromatic N) is 5. The molecular formula is C25H35IN6O. The average molecular weight is 563 g/mol. The Kier molecular flexibility index (Phi) is 8.43. The zero-order valence-corrected chi connectivity index (χ0v) is 21.7. The molecule has 0 bridgehead atoms. The number of likely N-dealkylation sites (tertiary alicyclic amines) is 1. The van der Waals surface area contributed by atoms with Gasteiger partial charge in [0.05, 0.1) is 18.8 Å². The second-order valence-electron chi connectivity index (χ2n) is 8.96. The van der Waals surface area contributed by atoms with E-state index in [0.717, 1.165) is 64.2 Å². The summed E-state index contributed by atoms with van der Waals surface area (Å²) >= 11 is 0. The molecule has 0 radical (unpaired) electrons. The maximum atomic E-state index is 6.14. The van der Waals surface area contributed by atoms with Crippen LogP contribution in [0.15, 0.2) is 53.7 Å². The maximum absolute atomic E-state index is 6.14. The van der Waals surface area contributed by atoms with Crippen molar-refractivity contribution < 1.29 is 4.74 Å². The van der Waals surface area contributed by atoms with E-state index >= 15 is 0 Å². The molecule has 0 amide bonds. The van der Waals surface area contributed by atoms with Gasteiger partial charge in [-0.15, -0.1) is 24.0 Å². The summed E-state index contributed by atoms with van der Waals surface area (Å²) in [5.74, 6) is 2.03. The number of benzene rings is 1. The zero-order valence-electron chi connectivity index (χ0n) is 19.4. The highest BCUT2D eigenvalue weighted by Gasteiger charge is 2.41. The zero-order chi connectivity index (χ0) is 21.8. The summed E-state index contributed by atoms with van der Waals surface area (Å²) in [5, 5.41) is 3.54. The number of morpholine rings is 1. The lowest BCUT2D eigenvalue weighted by Gasteiger charge is -2.36. The fourth-order valence-electron chi connectivity index (χ4n) is 5.11. The quantitative estimate of drug-likeness (QED) is 0.344. The van der Waals surface area contributed by atoms with Gasteiger partial charge < -0.3 is 19.9 Å². The van der Waals surface area contributed by atoms with Crippen LogP contribution in [-0.4, -0.2) is 79.3 Å². The second-order valence-corrected chi connectivity index (χ2v) is 8.96. The van der Waals surface area contributed by atoms with Gasteiger partial charge in [0.25, 0.3) is 0 Å². The minimum atomic E-state index is 0. The van der Waals surface area contributed by atoms with Crippen molar-refractivity contribution in [1.82, 2.24) is 20.1 Å². The molecule has 33 heavy (non-hydrogen) atoms. The smallest absolute Gasteiger partial charge is 0.194 e. The van der Waals surface area contributed by atoms with Gasteiger partial charge in [0.1, 0.15) is 5.82 Å². The monoisotopic (exact) mass is 562 g/mol. The molecule has 7 nitrogen and oxygen atoms in total. The van der Waals surface area contributed by atoms with Gasteiger partial charge in [-0.25, -0.2) is 4.98 Å². The fraction of sp³-hybridized carbons (Fsp3) is 0.520. The summed E-state index contributed by atoms with van der Waals surface area (Å²) in [4.78, 5) is 16.5. The molecule has 4 heterocycles. The van der Waals surface area contributed by atoms with Crippen molar-refractivity contribution in [2.24, 2.45) is 4.99 Å². The molecule has 2 atom stereocenters. The van der Waals surface area contributed by atoms with E-state index in [1.807, 2.05) is 13.2 Å². The number of ether oxygens (including phenoxy) is 1. The Bertz CT molecular complexity index is 903. The Morgan fingerprint density at radius 2 is 1.88 bits per heavy atom. The molecule has 0 saturated carbocycles. The minimum Gasteiger partial charge on any atom is -0.373 e. The van der Waals surface area contributed by atoms with Gasteiger partial charge >= 0.3 is 0 Å². The van der Waals surface area contributed by atoms with Crippen LogP contribution < -0.4 is 10.2 Å². The van der Waals surface area contributed by atoms with E-state index in [9.17, 15) is 0 Å². The Balaban J connectivity index is 0.00000259. The van der Waals surface area contributed by atoms with Crippen LogP contribution in [0.2, 0.25) is 0 Å². The maximum Gasteiger partial charge on any atom is 0.194 e. The third-order valence-electron chi connectivity index (χ3n) is 6.85. The van der Waals surface area contributed by atoms with Crippen LogP contribution in [0.4, 0.5) is 5.82 Å². The fourth-order valence-corrected chi connectivity index (χ4v) is 5.11. The Hall–Kier alpha value is -1.91. The first-order chi connectivity index (χ1) is 15.8. The van der Waals surface area contributed by atoms with Crippen molar-refractivity contribution in [1.29, 1.82) is 0 Å². The lowest BCUT2D eigenvalue weighted by molar-refractivity contribution is -0.0502. The highest BCUT2D eigenvalue weighted by atomic mass is 127. The van der Waals surface area contributed by atoms with Crippen LogP contribution in [0.1, 0.15) is 24.0 Å². The normalized spacial score (nSPS) is 23.4. The molecule has 2 unspecified atom stereocenters. The predicted octanol–water partition coefficient (Wildman–Crippen LogP) is 2.96. The van der Waals surface area contributed by atoms with Crippen molar-refractivity contribution in [3.63, 3.8) is 0 Å². The Morgan fingerprint density at radius 3 is 2.61 bits per heavy atom. The number of halogens is 1. The average Bonchev–Trinajstić information content (AvgIpc) is 3.52. The molecule has 178 valence electrons. The molecular weight excluding hydrogens is 527 g/mol. The molecule has 2 aromatic rings. The van der Waals surface area contributed by atoms with E-state index in [2.05, 4.69) is 72.5 Å². The number of aromatic nitrogens is 1. The van der Waals surface area contributed by atoms with Crippen LogP contribution in [0.5, 0.6) is 0 Å². The number of nitrogens with one attached hydrogen (secondary N) is 1. The lowest BCUT2D eigenvalue weighted by atomic mass is 10.1. The van der Waals surface area contributed by atoms with Crippen molar-refractivity contribution >= 4 is 35.8 Å². The van der Waals surface area contributed by atoms with Crippen LogP contribution >= 0.6 is 24.0 Å². The molecule has 3 fully saturated rings. The summed E-state index contributed by atoms with van der Waals surface area (Å²) in [5.41, 5.74) is 2.53. The number of rotatable bonds is 5. The van der Waals surface area contributed by atoms with E-state index < -0.39 is 0 Å². The molecule has 0 aliphatic carbocycles. The first-order valence-corrected chi connectivity index (χ1v) is 11.9. The Morgan fingerprint density at radius 1 is 1.06 bits per heavy atom. The molecule has 5 rings (SSSR count). The summed E-state index contributed by atoms with van der Waals surface area (Å²) in [6, 6.07) is 15.4. The number of anilines is 1. The van der Waals surface area contributed by atoms with E-state index in [1.54, 1.807) is 0 Å². The number of pyridine rings is 1. The summed E-state index contributed by atoms with van der Waals surface area (Å²) in [6.07, 6.45) is 4.76. The van der Waals surface area contributed by atoms with Crippen molar-refractivity contribution in [3.8, 4) is 0 Å². The van der Waals surface area contributed by atoms with E-state index in [4.69, 9.17) is 4.74 Å². The van der Waals surface area contributed by atoms with Crippen LogP contribution in [0.25, 0.3) is 0 Å². The largest absolute Gasteiger partial charge is 0.373 e. The molecule has 1 N–H and O–H groups in total. The van der Waals surface area contributed by atoms with Crippen LogP contribution in [-0.2, 0) is 17.8 Å². The topological polar surface area (TPSA) is 56.2 Å². The SMILES string of the molecule is CN=C(NCc1ccc(N2CCCC2)nc1)N1CC2OCCN(Cc3ccccc3)C2C1.I. The lowest BCUT2D eigenvalue weighted by Crippen LogP contribution is -2.50. The van der Waals surface area contributed by atoms with Gasteiger partial charge in [0.2, 0.25) is 0 Å².